The van der Waals surface area contributed by atoms with Gasteiger partial charge in [0.1, 0.15) is 30.3 Å². The summed E-state index contributed by atoms with van der Waals surface area (Å²) >= 11 is 0. The highest BCUT2D eigenvalue weighted by Gasteiger charge is 2.45. The Bertz CT molecular complexity index is 719. The third-order valence-electron chi connectivity index (χ3n) is 4.12. The molecule has 2 aromatic rings. The predicted molar refractivity (Wildman–Crippen MR) is 80.3 cm³/mol. The van der Waals surface area contributed by atoms with Crippen LogP contribution in [0.5, 0.6) is 11.5 Å². The fourth-order valence-electron chi connectivity index (χ4n) is 2.92. The molecule has 1 N–H and O–H groups in total. The number of epoxide rings is 1. The predicted octanol–water partition coefficient (Wildman–Crippen LogP) is 4.00. The van der Waals surface area contributed by atoms with Crippen molar-refractivity contribution in [3.63, 3.8) is 0 Å². The second kappa shape index (κ2) is 4.64. The van der Waals surface area contributed by atoms with Gasteiger partial charge >= 0.3 is 0 Å². The van der Waals surface area contributed by atoms with Gasteiger partial charge in [0.05, 0.1) is 5.56 Å². The number of rotatable bonds is 2. The van der Waals surface area contributed by atoms with Crippen LogP contribution in [0.25, 0.3) is 5.57 Å². The van der Waals surface area contributed by atoms with E-state index >= 15 is 0 Å². The van der Waals surface area contributed by atoms with Crippen molar-refractivity contribution in [3.05, 3.63) is 65.2 Å². The van der Waals surface area contributed by atoms with Crippen LogP contribution in [0, 0.1) is 0 Å². The first-order valence-electron chi connectivity index (χ1n) is 7.12. The number of hydrogen-bond donors (Lipinski definition) is 1. The fourth-order valence-corrected chi connectivity index (χ4v) is 2.92. The van der Waals surface area contributed by atoms with Crippen molar-refractivity contribution >= 4 is 5.57 Å². The molecule has 106 valence electrons. The molecular weight excluding hydrogens is 264 g/mol. The number of benzene rings is 2. The summed E-state index contributed by atoms with van der Waals surface area (Å²) in [5.74, 6) is 1.00. The molecule has 0 aliphatic carbocycles. The van der Waals surface area contributed by atoms with Gasteiger partial charge in [0.25, 0.3) is 0 Å². The van der Waals surface area contributed by atoms with Crippen molar-refractivity contribution in [2.24, 2.45) is 0 Å². The van der Waals surface area contributed by atoms with E-state index in [1.165, 1.54) is 5.57 Å². The van der Waals surface area contributed by atoms with Crippen LogP contribution in [0.2, 0.25) is 0 Å². The van der Waals surface area contributed by atoms with Gasteiger partial charge in [-0.1, -0.05) is 30.3 Å². The number of hydrogen-bond acceptors (Lipinski definition) is 3. The van der Waals surface area contributed by atoms with Gasteiger partial charge < -0.3 is 14.6 Å². The first-order valence-corrected chi connectivity index (χ1v) is 7.12. The van der Waals surface area contributed by atoms with E-state index < -0.39 is 0 Å². The Morgan fingerprint density at radius 3 is 2.67 bits per heavy atom. The Morgan fingerprint density at radius 2 is 1.86 bits per heavy atom. The number of phenolic OH excluding ortho intramolecular Hbond substituents is 1. The van der Waals surface area contributed by atoms with Gasteiger partial charge in [0, 0.05) is 5.56 Å². The van der Waals surface area contributed by atoms with Gasteiger partial charge in [0.2, 0.25) is 0 Å². The third kappa shape index (κ3) is 2.01. The van der Waals surface area contributed by atoms with Crippen LogP contribution in [0.15, 0.2) is 48.5 Å². The van der Waals surface area contributed by atoms with E-state index in [0.717, 1.165) is 22.4 Å². The van der Waals surface area contributed by atoms with Gasteiger partial charge in [-0.2, -0.15) is 0 Å². The van der Waals surface area contributed by atoms with Crippen molar-refractivity contribution in [3.8, 4) is 11.5 Å². The number of aromatic hydroxyl groups is 1. The van der Waals surface area contributed by atoms with Crippen molar-refractivity contribution in [2.45, 2.75) is 19.1 Å². The van der Waals surface area contributed by atoms with Crippen LogP contribution in [0.1, 0.15) is 35.8 Å². The fraction of sp³-hybridized carbons (Fsp3) is 0.222. The zero-order chi connectivity index (χ0) is 14.4. The Balaban J connectivity index is 1.74. The highest BCUT2D eigenvalue weighted by atomic mass is 16.6. The van der Waals surface area contributed by atoms with Crippen molar-refractivity contribution < 1.29 is 14.6 Å². The second-order valence-electron chi connectivity index (χ2n) is 5.46. The lowest BCUT2D eigenvalue weighted by Crippen LogP contribution is -2.06. The average Bonchev–Trinajstić information content (AvgIpc) is 3.28. The summed E-state index contributed by atoms with van der Waals surface area (Å²) in [7, 11) is 0. The lowest BCUT2D eigenvalue weighted by atomic mass is 9.96. The van der Waals surface area contributed by atoms with E-state index in [0.29, 0.717) is 6.61 Å². The van der Waals surface area contributed by atoms with E-state index in [1.54, 1.807) is 6.07 Å². The highest BCUT2D eigenvalue weighted by molar-refractivity contribution is 5.74. The number of fused-ring (bicyclic) bond motifs is 1. The minimum absolute atomic E-state index is 0.00147. The van der Waals surface area contributed by atoms with Gasteiger partial charge in [0.15, 0.2) is 0 Å². The average molecular weight is 280 g/mol. The first-order chi connectivity index (χ1) is 10.3. The van der Waals surface area contributed by atoms with E-state index in [9.17, 15) is 5.11 Å². The molecule has 0 aromatic heterocycles. The lowest BCUT2D eigenvalue weighted by molar-refractivity contribution is 0.332. The van der Waals surface area contributed by atoms with Crippen LogP contribution < -0.4 is 4.74 Å². The Hall–Kier alpha value is -2.26. The highest BCUT2D eigenvalue weighted by Crippen LogP contribution is 2.57. The molecule has 2 aliphatic rings. The number of ether oxygens (including phenoxy) is 2. The minimum atomic E-state index is -0.131. The van der Waals surface area contributed by atoms with Gasteiger partial charge in [-0.3, -0.25) is 0 Å². The zero-order valence-corrected chi connectivity index (χ0v) is 11.7. The molecule has 0 spiro atoms. The summed E-state index contributed by atoms with van der Waals surface area (Å²) in [6.45, 7) is 2.60. The molecule has 2 heterocycles. The zero-order valence-electron chi connectivity index (χ0n) is 11.7. The third-order valence-corrected chi connectivity index (χ3v) is 4.12. The molecule has 4 rings (SSSR count). The van der Waals surface area contributed by atoms with Crippen molar-refractivity contribution in [1.29, 1.82) is 0 Å². The van der Waals surface area contributed by atoms with E-state index in [2.05, 4.69) is 6.92 Å². The summed E-state index contributed by atoms with van der Waals surface area (Å²) in [5, 5.41) is 10.2. The molecule has 0 radical (unpaired) electrons. The SMILES string of the molecule is CC1=CCOc2c1ccc(O)c2C1OC1c1ccccc1. The number of phenols is 1. The van der Waals surface area contributed by atoms with Crippen molar-refractivity contribution in [1.82, 2.24) is 0 Å². The normalized spacial score (nSPS) is 23.0. The monoisotopic (exact) mass is 280 g/mol. The van der Waals surface area contributed by atoms with Gasteiger partial charge in [-0.25, -0.2) is 0 Å². The molecule has 2 aliphatic heterocycles. The molecule has 2 unspecified atom stereocenters. The molecule has 2 aromatic carbocycles. The largest absolute Gasteiger partial charge is 0.507 e. The summed E-state index contributed by atoms with van der Waals surface area (Å²) in [4.78, 5) is 0. The molecule has 0 amide bonds. The Labute approximate surface area is 123 Å². The topological polar surface area (TPSA) is 42.0 Å². The lowest BCUT2D eigenvalue weighted by Gasteiger charge is -2.20. The van der Waals surface area contributed by atoms with Crippen LogP contribution in [0.4, 0.5) is 0 Å². The van der Waals surface area contributed by atoms with Crippen LogP contribution in [-0.2, 0) is 4.74 Å². The minimum Gasteiger partial charge on any atom is -0.507 e. The maximum atomic E-state index is 10.2. The molecule has 2 atom stereocenters. The van der Waals surface area contributed by atoms with Crippen molar-refractivity contribution in [2.75, 3.05) is 6.61 Å². The molecule has 1 saturated heterocycles. The first kappa shape index (κ1) is 12.5. The maximum Gasteiger partial charge on any atom is 0.136 e. The molecule has 0 saturated carbocycles. The van der Waals surface area contributed by atoms with E-state index in [1.807, 2.05) is 42.5 Å². The van der Waals surface area contributed by atoms with E-state index in [4.69, 9.17) is 9.47 Å². The maximum absolute atomic E-state index is 10.2. The van der Waals surface area contributed by atoms with Gasteiger partial charge in [-0.05, 0) is 36.3 Å². The quantitative estimate of drug-likeness (QED) is 0.845. The Kier molecular flexibility index (Phi) is 2.76. The summed E-state index contributed by atoms with van der Waals surface area (Å²) in [6.07, 6.45) is 1.91. The summed E-state index contributed by atoms with van der Waals surface area (Å²) in [5.41, 5.74) is 4.11. The molecule has 3 nitrogen and oxygen atoms in total. The molecular formula is C18H16O3. The van der Waals surface area contributed by atoms with Crippen LogP contribution in [-0.4, -0.2) is 11.7 Å². The standard InChI is InChI=1S/C18H16O3/c1-11-9-10-20-17-13(11)7-8-14(19)15(17)18-16(21-18)12-5-3-2-4-6-12/h2-9,16,18-19H,10H2,1H3. The smallest absolute Gasteiger partial charge is 0.136 e. The number of allylic oxidation sites excluding steroid dienone is 1. The van der Waals surface area contributed by atoms with Crippen LogP contribution in [0.3, 0.4) is 0 Å². The Morgan fingerprint density at radius 1 is 1.05 bits per heavy atom. The molecule has 3 heteroatoms. The second-order valence-corrected chi connectivity index (χ2v) is 5.46. The molecule has 1 fully saturated rings. The van der Waals surface area contributed by atoms with Crippen LogP contribution >= 0.6 is 0 Å². The summed E-state index contributed by atoms with van der Waals surface area (Å²) in [6, 6.07) is 13.7. The van der Waals surface area contributed by atoms with Gasteiger partial charge in [-0.15, -0.1) is 0 Å². The molecule has 0 bridgehead atoms. The van der Waals surface area contributed by atoms with E-state index in [-0.39, 0.29) is 18.0 Å². The summed E-state index contributed by atoms with van der Waals surface area (Å²) < 4.78 is 11.6. The molecule has 21 heavy (non-hydrogen) atoms.